The third-order valence-corrected chi connectivity index (χ3v) is 8.13. The number of aryl methyl sites for hydroxylation is 2. The Bertz CT molecular complexity index is 1270. The summed E-state index contributed by atoms with van der Waals surface area (Å²) >= 11 is 0. The van der Waals surface area contributed by atoms with Crippen LogP contribution in [0.4, 0.5) is 0 Å². The average Bonchev–Trinajstić information content (AvgIpc) is 2.81. The number of aliphatic hydroxyl groups excluding tert-OH is 1. The minimum atomic E-state index is -3.91. The third-order valence-electron chi connectivity index (χ3n) is 5.35. The Hall–Kier alpha value is -2.56. The van der Waals surface area contributed by atoms with Crippen molar-refractivity contribution in [2.75, 3.05) is 6.61 Å². The first-order valence-corrected chi connectivity index (χ1v) is 13.8. The Balaban J connectivity index is 1.67. The number of nitrogens with one attached hydrogen (secondary N) is 1. The van der Waals surface area contributed by atoms with Gasteiger partial charge in [0, 0.05) is 0 Å². The van der Waals surface area contributed by atoms with E-state index in [-0.39, 0.29) is 29.2 Å². The molecular weight excluding hydrogens is 474 g/mol. The van der Waals surface area contributed by atoms with Gasteiger partial charge in [0.2, 0.25) is 10.0 Å². The van der Waals surface area contributed by atoms with Crippen LogP contribution in [0, 0.1) is 13.8 Å². The second-order valence-electron chi connectivity index (χ2n) is 8.12. The number of hydrogen-bond acceptors (Lipinski definition) is 6. The largest absolute Gasteiger partial charge is 0.391 e. The summed E-state index contributed by atoms with van der Waals surface area (Å²) in [7, 11) is -7.81. The predicted octanol–water partition coefficient (Wildman–Crippen LogP) is 3.87. The van der Waals surface area contributed by atoms with Crippen molar-refractivity contribution in [3.63, 3.8) is 0 Å². The molecule has 9 heteroatoms. The molecule has 0 saturated carbocycles. The van der Waals surface area contributed by atoms with Crippen molar-refractivity contribution >= 4 is 20.1 Å². The van der Waals surface area contributed by atoms with Crippen LogP contribution in [-0.2, 0) is 24.3 Å². The highest BCUT2D eigenvalue weighted by Gasteiger charge is 2.27. The van der Waals surface area contributed by atoms with E-state index in [9.17, 15) is 21.9 Å². The molecule has 0 fully saturated rings. The minimum Gasteiger partial charge on any atom is -0.391 e. The van der Waals surface area contributed by atoms with E-state index in [0.29, 0.717) is 5.56 Å². The molecular formula is C25H29NO6S2. The van der Waals surface area contributed by atoms with E-state index >= 15 is 0 Å². The zero-order valence-corrected chi connectivity index (χ0v) is 20.7. The van der Waals surface area contributed by atoms with Gasteiger partial charge in [0.05, 0.1) is 28.5 Å². The van der Waals surface area contributed by atoms with Crippen molar-refractivity contribution < 1.29 is 26.1 Å². The Labute approximate surface area is 201 Å². The minimum absolute atomic E-state index is 0.0617. The van der Waals surface area contributed by atoms with E-state index in [0.717, 1.165) is 11.1 Å². The lowest BCUT2D eigenvalue weighted by molar-refractivity contribution is 0.120. The maximum Gasteiger partial charge on any atom is 0.296 e. The SMILES string of the molecule is Cc1ccc(S(=O)(=O)N[C@@H](c2ccccc2)[C@@H](O)CCCOS(=O)(=O)c2ccc(C)cc2)cc1. The topological polar surface area (TPSA) is 110 Å². The Morgan fingerprint density at radius 2 is 1.32 bits per heavy atom. The van der Waals surface area contributed by atoms with Gasteiger partial charge in [-0.1, -0.05) is 65.7 Å². The second-order valence-corrected chi connectivity index (χ2v) is 11.5. The van der Waals surface area contributed by atoms with E-state index < -0.39 is 32.3 Å². The van der Waals surface area contributed by atoms with E-state index in [4.69, 9.17) is 4.18 Å². The smallest absolute Gasteiger partial charge is 0.296 e. The van der Waals surface area contributed by atoms with Crippen LogP contribution in [0.3, 0.4) is 0 Å². The standard InChI is InChI=1S/C25H29NO6S2/c1-19-10-14-22(15-11-19)33(28,29)26-25(21-7-4-3-5-8-21)24(27)9-6-18-32-34(30,31)23-16-12-20(2)13-17-23/h3-5,7-8,10-17,24-27H,6,9,18H2,1-2H3/t24-,25-/m0/s1. The summed E-state index contributed by atoms with van der Waals surface area (Å²) in [6.45, 7) is 3.58. The van der Waals surface area contributed by atoms with E-state index in [1.165, 1.54) is 24.3 Å². The maximum absolute atomic E-state index is 12.9. The van der Waals surface area contributed by atoms with Crippen LogP contribution in [0.2, 0.25) is 0 Å². The summed E-state index contributed by atoms with van der Waals surface area (Å²) in [5.74, 6) is 0. The van der Waals surface area contributed by atoms with Crippen molar-refractivity contribution in [1.29, 1.82) is 0 Å². The molecule has 34 heavy (non-hydrogen) atoms. The highest BCUT2D eigenvalue weighted by Crippen LogP contribution is 2.24. The van der Waals surface area contributed by atoms with Crippen molar-refractivity contribution in [1.82, 2.24) is 4.72 Å². The van der Waals surface area contributed by atoms with Gasteiger partial charge in [-0.05, 0) is 56.5 Å². The number of benzene rings is 3. The molecule has 0 unspecified atom stereocenters. The van der Waals surface area contributed by atoms with Crippen molar-refractivity contribution in [3.05, 3.63) is 95.6 Å². The summed E-state index contributed by atoms with van der Waals surface area (Å²) in [5, 5.41) is 10.9. The molecule has 182 valence electrons. The first kappa shape index (κ1) is 26.1. The zero-order valence-electron chi connectivity index (χ0n) is 19.1. The van der Waals surface area contributed by atoms with Crippen LogP contribution in [0.25, 0.3) is 0 Å². The number of aliphatic hydroxyl groups is 1. The number of sulfonamides is 1. The van der Waals surface area contributed by atoms with Crippen molar-refractivity contribution in [3.8, 4) is 0 Å². The highest BCUT2D eigenvalue weighted by molar-refractivity contribution is 7.89. The Morgan fingerprint density at radius 3 is 1.88 bits per heavy atom. The van der Waals surface area contributed by atoms with E-state index in [1.807, 2.05) is 13.8 Å². The lowest BCUT2D eigenvalue weighted by Gasteiger charge is -2.24. The molecule has 0 aliphatic rings. The lowest BCUT2D eigenvalue weighted by Crippen LogP contribution is -2.36. The first-order valence-electron chi connectivity index (χ1n) is 10.9. The number of hydrogen-bond donors (Lipinski definition) is 2. The van der Waals surface area contributed by atoms with Crippen LogP contribution < -0.4 is 4.72 Å². The molecule has 0 aliphatic carbocycles. The molecule has 0 aliphatic heterocycles. The molecule has 3 aromatic carbocycles. The van der Waals surface area contributed by atoms with Gasteiger partial charge in [-0.15, -0.1) is 0 Å². The molecule has 3 rings (SSSR count). The number of rotatable bonds is 11. The molecule has 0 radical (unpaired) electrons. The highest BCUT2D eigenvalue weighted by atomic mass is 32.2. The first-order chi connectivity index (χ1) is 16.1. The van der Waals surface area contributed by atoms with Crippen LogP contribution in [0.15, 0.2) is 88.7 Å². The van der Waals surface area contributed by atoms with Gasteiger partial charge in [-0.3, -0.25) is 4.18 Å². The quantitative estimate of drug-likeness (QED) is 0.304. The molecule has 0 aromatic heterocycles. The monoisotopic (exact) mass is 503 g/mol. The van der Waals surface area contributed by atoms with E-state index in [2.05, 4.69) is 4.72 Å². The fourth-order valence-corrected chi connectivity index (χ4v) is 5.58. The molecule has 0 bridgehead atoms. The molecule has 0 heterocycles. The molecule has 0 spiro atoms. The van der Waals surface area contributed by atoms with Crippen LogP contribution in [-0.4, -0.2) is 34.7 Å². The fourth-order valence-electron chi connectivity index (χ4n) is 3.38. The van der Waals surface area contributed by atoms with Gasteiger partial charge >= 0.3 is 0 Å². The van der Waals surface area contributed by atoms with Crippen molar-refractivity contribution in [2.45, 2.75) is 48.6 Å². The second kappa shape index (κ2) is 11.2. The van der Waals surface area contributed by atoms with Crippen LogP contribution in [0.1, 0.15) is 35.6 Å². The van der Waals surface area contributed by atoms with Gasteiger partial charge in [0.15, 0.2) is 0 Å². The summed E-state index contributed by atoms with van der Waals surface area (Å²) in [6.07, 6.45) is -0.769. The van der Waals surface area contributed by atoms with Gasteiger partial charge < -0.3 is 5.11 Å². The summed E-state index contributed by atoms with van der Waals surface area (Å²) in [6, 6.07) is 20.6. The van der Waals surface area contributed by atoms with Crippen molar-refractivity contribution in [2.24, 2.45) is 0 Å². The maximum atomic E-state index is 12.9. The van der Waals surface area contributed by atoms with Gasteiger partial charge in [-0.25, -0.2) is 13.1 Å². The molecule has 2 atom stereocenters. The normalized spacial score (nSPS) is 14.0. The lowest BCUT2D eigenvalue weighted by atomic mass is 9.99. The summed E-state index contributed by atoms with van der Waals surface area (Å²) in [5.41, 5.74) is 2.46. The Morgan fingerprint density at radius 1 is 0.794 bits per heavy atom. The van der Waals surface area contributed by atoms with Gasteiger partial charge in [-0.2, -0.15) is 8.42 Å². The average molecular weight is 504 g/mol. The summed E-state index contributed by atoms with van der Waals surface area (Å²) < 4.78 is 58.3. The fraction of sp³-hybridized carbons (Fsp3) is 0.280. The third kappa shape index (κ3) is 6.97. The predicted molar refractivity (Wildman–Crippen MR) is 130 cm³/mol. The van der Waals surface area contributed by atoms with Gasteiger partial charge in [0.25, 0.3) is 10.1 Å². The summed E-state index contributed by atoms with van der Waals surface area (Å²) in [4.78, 5) is 0.158. The molecule has 7 nitrogen and oxygen atoms in total. The van der Waals surface area contributed by atoms with Crippen LogP contribution in [0.5, 0.6) is 0 Å². The van der Waals surface area contributed by atoms with Gasteiger partial charge in [0.1, 0.15) is 0 Å². The molecule has 0 amide bonds. The molecule has 3 aromatic rings. The zero-order chi connectivity index (χ0) is 24.8. The molecule has 2 N–H and O–H groups in total. The van der Waals surface area contributed by atoms with E-state index in [1.54, 1.807) is 54.6 Å². The van der Waals surface area contributed by atoms with Crippen LogP contribution >= 0.6 is 0 Å². The molecule has 0 saturated heterocycles. The Kier molecular flexibility index (Phi) is 8.62.